The Balaban J connectivity index is 1.42. The smallest absolute Gasteiger partial charge is 0.340 e. The van der Waals surface area contributed by atoms with Crippen molar-refractivity contribution >= 4 is 45.5 Å². The van der Waals surface area contributed by atoms with Gasteiger partial charge in [0.25, 0.3) is 11.8 Å². The molecule has 0 saturated heterocycles. The van der Waals surface area contributed by atoms with E-state index in [9.17, 15) is 14.4 Å². The maximum atomic E-state index is 13.4. The topological polar surface area (TPSA) is 84.9 Å². The Hall–Kier alpha value is -4.17. The van der Waals surface area contributed by atoms with Crippen LogP contribution >= 0.6 is 15.9 Å². The van der Waals surface area contributed by atoms with Crippen molar-refractivity contribution in [2.75, 3.05) is 25.2 Å². The highest BCUT2D eigenvalue weighted by Crippen LogP contribution is 2.36. The molecule has 0 saturated carbocycles. The van der Waals surface area contributed by atoms with Crippen LogP contribution in [-0.4, -0.2) is 38.0 Å². The average molecular weight is 575 g/mol. The van der Waals surface area contributed by atoms with E-state index in [4.69, 9.17) is 9.47 Å². The van der Waals surface area contributed by atoms with Crippen molar-refractivity contribution in [3.8, 4) is 5.75 Å². The molecular weight excluding hydrogens is 548 g/mol. The molecule has 0 spiro atoms. The van der Waals surface area contributed by atoms with Gasteiger partial charge in [0, 0.05) is 16.7 Å². The van der Waals surface area contributed by atoms with E-state index in [-0.39, 0.29) is 29.6 Å². The fraction of sp³-hybridized carbons (Fsp3) is 0.167. The van der Waals surface area contributed by atoms with Gasteiger partial charge in [-0.2, -0.15) is 0 Å². The van der Waals surface area contributed by atoms with E-state index in [1.165, 1.54) is 12.0 Å². The minimum absolute atomic E-state index is 0.107. The highest BCUT2D eigenvalue weighted by atomic mass is 79.9. The van der Waals surface area contributed by atoms with E-state index >= 15 is 0 Å². The molecule has 0 aromatic heterocycles. The molecule has 1 heterocycles. The monoisotopic (exact) mass is 574 g/mol. The second-order valence-electron chi connectivity index (χ2n) is 8.57. The molecule has 0 bridgehead atoms. The van der Waals surface area contributed by atoms with Crippen LogP contribution < -0.4 is 15.0 Å². The lowest BCUT2D eigenvalue weighted by atomic mass is 10.0. The maximum absolute atomic E-state index is 13.4. The number of hydrogen-bond acceptors (Lipinski definition) is 5. The third kappa shape index (κ3) is 6.39. The largest absolute Gasteiger partial charge is 0.484 e. The van der Waals surface area contributed by atoms with Gasteiger partial charge in [0.2, 0.25) is 0 Å². The Labute approximate surface area is 229 Å². The normalized spacial score (nSPS) is 14.1. The Kier molecular flexibility index (Phi) is 8.76. The standard InChI is InChI=1S/C30H27BrN2O5/c1-20-28(30(36)37-2)26(29(35)33(20)24-10-6-9-23(31)18-24)17-22-11-13-25(14-12-22)38-19-27(34)32-16-15-21-7-4-3-5-8-21/h3-14,17-18H,15-16,19H2,1-2H3,(H,32,34)/b26-17-. The van der Waals surface area contributed by atoms with Crippen LogP contribution in [0.2, 0.25) is 0 Å². The van der Waals surface area contributed by atoms with Crippen LogP contribution in [0.15, 0.2) is 100 Å². The number of rotatable bonds is 9. The highest BCUT2D eigenvalue weighted by Gasteiger charge is 2.37. The summed E-state index contributed by atoms with van der Waals surface area (Å²) < 4.78 is 11.4. The molecule has 0 radical (unpaired) electrons. The summed E-state index contributed by atoms with van der Waals surface area (Å²) in [6.07, 6.45) is 2.39. The number of hydrogen-bond donors (Lipinski definition) is 1. The van der Waals surface area contributed by atoms with Gasteiger partial charge >= 0.3 is 5.97 Å². The maximum Gasteiger partial charge on any atom is 0.340 e. The van der Waals surface area contributed by atoms with E-state index in [1.807, 2.05) is 48.5 Å². The summed E-state index contributed by atoms with van der Waals surface area (Å²) in [6, 6.07) is 24.2. The molecule has 0 unspecified atom stereocenters. The summed E-state index contributed by atoms with van der Waals surface area (Å²) in [5.74, 6) is -0.607. The van der Waals surface area contributed by atoms with Crippen LogP contribution in [0.1, 0.15) is 18.1 Å². The number of nitrogens with one attached hydrogen (secondary N) is 1. The molecule has 2 amide bonds. The minimum atomic E-state index is -0.585. The SMILES string of the molecule is COC(=O)C1=C(C)N(c2cccc(Br)c2)C(=O)/C1=C\c1ccc(OCC(=O)NCCc2ccccc2)cc1. The number of carbonyl (C=O) groups excluding carboxylic acids is 3. The Morgan fingerprint density at radius 3 is 2.42 bits per heavy atom. The summed E-state index contributed by atoms with van der Waals surface area (Å²) >= 11 is 3.43. The molecule has 8 heteroatoms. The van der Waals surface area contributed by atoms with Gasteiger partial charge in [-0.25, -0.2) is 4.79 Å². The molecule has 0 aliphatic carbocycles. The number of methoxy groups -OCH3 is 1. The van der Waals surface area contributed by atoms with Gasteiger partial charge in [-0.05, 0) is 60.9 Å². The summed E-state index contributed by atoms with van der Waals surface area (Å²) in [7, 11) is 1.29. The Morgan fingerprint density at radius 2 is 1.74 bits per heavy atom. The summed E-state index contributed by atoms with van der Waals surface area (Å²) in [6.45, 7) is 2.14. The first kappa shape index (κ1) is 26.9. The van der Waals surface area contributed by atoms with Crippen molar-refractivity contribution < 1.29 is 23.9 Å². The number of amides is 2. The van der Waals surface area contributed by atoms with E-state index in [2.05, 4.69) is 21.2 Å². The van der Waals surface area contributed by atoms with Crippen LogP contribution in [-0.2, 0) is 25.5 Å². The first-order valence-corrected chi connectivity index (χ1v) is 12.8. The molecule has 1 aliphatic heterocycles. The first-order valence-electron chi connectivity index (χ1n) is 12.0. The number of allylic oxidation sites excluding steroid dienone is 1. The quantitative estimate of drug-likeness (QED) is 0.285. The number of ether oxygens (including phenoxy) is 2. The van der Waals surface area contributed by atoms with Gasteiger partial charge in [-0.1, -0.05) is 64.5 Å². The average Bonchev–Trinajstić information content (AvgIpc) is 3.17. The zero-order chi connectivity index (χ0) is 27.1. The summed E-state index contributed by atoms with van der Waals surface area (Å²) in [4.78, 5) is 39.6. The van der Waals surface area contributed by atoms with Crippen molar-refractivity contribution in [2.45, 2.75) is 13.3 Å². The van der Waals surface area contributed by atoms with Gasteiger partial charge in [0.05, 0.1) is 23.9 Å². The molecule has 38 heavy (non-hydrogen) atoms. The molecule has 4 rings (SSSR count). The number of anilines is 1. The zero-order valence-electron chi connectivity index (χ0n) is 21.1. The third-order valence-electron chi connectivity index (χ3n) is 6.00. The van der Waals surface area contributed by atoms with Gasteiger partial charge in [0.1, 0.15) is 5.75 Å². The molecule has 1 aliphatic rings. The van der Waals surface area contributed by atoms with Crippen molar-refractivity contribution in [1.29, 1.82) is 0 Å². The molecule has 3 aromatic rings. The summed E-state index contributed by atoms with van der Waals surface area (Å²) in [5.41, 5.74) is 3.42. The predicted octanol–water partition coefficient (Wildman–Crippen LogP) is 5.06. The van der Waals surface area contributed by atoms with Crippen LogP contribution in [0.4, 0.5) is 5.69 Å². The van der Waals surface area contributed by atoms with Crippen LogP contribution in [0.5, 0.6) is 5.75 Å². The second kappa shape index (κ2) is 12.4. The van der Waals surface area contributed by atoms with E-state index in [0.29, 0.717) is 29.2 Å². The molecule has 0 fully saturated rings. The number of carbonyl (C=O) groups is 3. The van der Waals surface area contributed by atoms with Gasteiger partial charge in [0.15, 0.2) is 6.61 Å². The lowest BCUT2D eigenvalue weighted by Crippen LogP contribution is -2.30. The van der Waals surface area contributed by atoms with Crippen molar-refractivity contribution in [2.24, 2.45) is 0 Å². The minimum Gasteiger partial charge on any atom is -0.484 e. The molecule has 7 nitrogen and oxygen atoms in total. The third-order valence-corrected chi connectivity index (χ3v) is 6.49. The zero-order valence-corrected chi connectivity index (χ0v) is 22.7. The Bertz CT molecular complexity index is 1400. The fourth-order valence-electron chi connectivity index (χ4n) is 4.12. The Morgan fingerprint density at radius 1 is 1.00 bits per heavy atom. The number of halogens is 1. The lowest BCUT2D eigenvalue weighted by molar-refractivity contribution is -0.136. The van der Waals surface area contributed by atoms with Gasteiger partial charge in [-0.15, -0.1) is 0 Å². The highest BCUT2D eigenvalue weighted by molar-refractivity contribution is 9.10. The van der Waals surface area contributed by atoms with Crippen molar-refractivity contribution in [3.63, 3.8) is 0 Å². The molecule has 0 atom stereocenters. The van der Waals surface area contributed by atoms with Crippen molar-refractivity contribution in [1.82, 2.24) is 5.32 Å². The lowest BCUT2D eigenvalue weighted by Gasteiger charge is -2.18. The van der Waals surface area contributed by atoms with Crippen LogP contribution in [0, 0.1) is 0 Å². The van der Waals surface area contributed by atoms with E-state index < -0.39 is 5.97 Å². The van der Waals surface area contributed by atoms with Crippen LogP contribution in [0.3, 0.4) is 0 Å². The van der Waals surface area contributed by atoms with E-state index in [0.717, 1.165) is 16.5 Å². The molecule has 194 valence electrons. The number of nitrogens with zero attached hydrogens (tertiary/aromatic N) is 1. The molecule has 3 aromatic carbocycles. The van der Waals surface area contributed by atoms with Gasteiger partial charge < -0.3 is 14.8 Å². The van der Waals surface area contributed by atoms with Crippen LogP contribution in [0.25, 0.3) is 6.08 Å². The first-order chi connectivity index (χ1) is 18.4. The van der Waals surface area contributed by atoms with Crippen molar-refractivity contribution in [3.05, 3.63) is 111 Å². The number of benzene rings is 3. The predicted molar refractivity (Wildman–Crippen MR) is 149 cm³/mol. The fourth-order valence-corrected chi connectivity index (χ4v) is 4.51. The molecular formula is C30H27BrN2O5. The van der Waals surface area contributed by atoms with Gasteiger partial charge in [-0.3, -0.25) is 14.5 Å². The molecule has 1 N–H and O–H groups in total. The van der Waals surface area contributed by atoms with E-state index in [1.54, 1.807) is 43.3 Å². The second-order valence-corrected chi connectivity index (χ2v) is 9.49. The summed E-state index contributed by atoms with van der Waals surface area (Å²) in [5, 5.41) is 2.84. The number of esters is 1.